The number of fused-ring (bicyclic) bond motifs is 1. The Balaban J connectivity index is 1.80. The van der Waals surface area contributed by atoms with Crippen LogP contribution in [-0.4, -0.2) is 25.0 Å². The second-order valence-corrected chi connectivity index (χ2v) is 9.02. The monoisotopic (exact) mass is 460 g/mol. The molecule has 0 saturated heterocycles. The largest absolute Gasteiger partial charge is 0.493 e. The summed E-state index contributed by atoms with van der Waals surface area (Å²) in [7, 11) is 0. The van der Waals surface area contributed by atoms with Gasteiger partial charge in [0.15, 0.2) is 5.06 Å². The Bertz CT molecular complexity index is 606. The maximum absolute atomic E-state index is 6.92. The number of unbranched alkanes of at least 4 members (excludes halogenated alkanes) is 8. The smallest absolute Gasteiger partial charge is 0.171 e. The van der Waals surface area contributed by atoms with Gasteiger partial charge in [-0.3, -0.25) is 0 Å². The molecule has 1 aliphatic rings. The molecule has 5 heteroatoms. The summed E-state index contributed by atoms with van der Waals surface area (Å²) < 4.78 is 12.3. The minimum atomic E-state index is -0.791. The average Bonchev–Trinajstić information content (AvgIpc) is 2.74. The van der Waals surface area contributed by atoms with Crippen LogP contribution in [0.2, 0.25) is 0 Å². The van der Waals surface area contributed by atoms with Crippen molar-refractivity contribution >= 4 is 40.6 Å². The van der Waals surface area contributed by atoms with E-state index in [4.69, 9.17) is 44.3 Å². The van der Waals surface area contributed by atoms with Gasteiger partial charge in [0.2, 0.25) is 0 Å². The molecule has 0 bridgehead atoms. The van der Waals surface area contributed by atoms with Crippen LogP contribution in [0.4, 0.5) is 0 Å². The molecule has 0 amide bonds. The Morgan fingerprint density at radius 3 is 2.03 bits per heavy atom. The molecule has 0 fully saturated rings. The van der Waals surface area contributed by atoms with Gasteiger partial charge in [-0.05, 0) is 31.8 Å². The Labute approximate surface area is 191 Å². The van der Waals surface area contributed by atoms with Crippen LogP contribution in [0.5, 0.6) is 0 Å². The minimum Gasteiger partial charge on any atom is -0.493 e. The van der Waals surface area contributed by atoms with Crippen LogP contribution in [0.3, 0.4) is 0 Å². The summed E-state index contributed by atoms with van der Waals surface area (Å²) in [4.78, 5) is 0. The fourth-order valence-corrected chi connectivity index (χ4v) is 4.31. The van der Waals surface area contributed by atoms with E-state index in [1.54, 1.807) is 0 Å². The maximum atomic E-state index is 6.92. The zero-order valence-electron chi connectivity index (χ0n) is 17.4. The first-order chi connectivity index (χ1) is 14.2. The van der Waals surface area contributed by atoms with Crippen molar-refractivity contribution in [3.63, 3.8) is 0 Å². The number of benzene rings is 1. The third kappa shape index (κ3) is 8.69. The van der Waals surface area contributed by atoms with Gasteiger partial charge in [-0.25, -0.2) is 0 Å². The first-order valence-corrected chi connectivity index (χ1v) is 12.5. The molecule has 2 nitrogen and oxygen atoms in total. The Hall–Kier alpha value is -0.410. The minimum absolute atomic E-state index is 0.628. The van der Waals surface area contributed by atoms with Crippen molar-refractivity contribution < 1.29 is 9.47 Å². The standard InChI is InChI=1S/C24H35Cl3O2/c25-17-9-3-1-5-11-19-28-23-15-16-24(27,22-14-8-7-13-21(22)23)29-20-12-6-2-4-10-18-26/h7-8,13-15H,1-6,9-12,16-20H2. The van der Waals surface area contributed by atoms with Gasteiger partial charge in [-0.2, -0.15) is 0 Å². The van der Waals surface area contributed by atoms with Crippen LogP contribution >= 0.6 is 34.8 Å². The fraction of sp³-hybridized carbons (Fsp3) is 0.667. The molecular weight excluding hydrogens is 427 g/mol. The van der Waals surface area contributed by atoms with E-state index in [2.05, 4.69) is 18.2 Å². The van der Waals surface area contributed by atoms with E-state index < -0.39 is 5.06 Å². The second-order valence-electron chi connectivity index (χ2n) is 7.66. The highest BCUT2D eigenvalue weighted by Gasteiger charge is 2.36. The number of rotatable bonds is 16. The molecule has 2 rings (SSSR count). The van der Waals surface area contributed by atoms with Crippen LogP contribution in [0.25, 0.3) is 5.76 Å². The molecule has 0 N–H and O–H groups in total. The predicted octanol–water partition coefficient (Wildman–Crippen LogP) is 8.23. The number of halogens is 3. The van der Waals surface area contributed by atoms with Crippen LogP contribution in [-0.2, 0) is 14.5 Å². The van der Waals surface area contributed by atoms with E-state index in [1.165, 1.54) is 32.1 Å². The van der Waals surface area contributed by atoms with Crippen molar-refractivity contribution in [2.75, 3.05) is 25.0 Å². The quantitative estimate of drug-likeness (QED) is 0.182. The van der Waals surface area contributed by atoms with Crippen molar-refractivity contribution in [2.24, 2.45) is 0 Å². The number of ether oxygens (including phenoxy) is 2. The lowest BCUT2D eigenvalue weighted by atomic mass is 9.92. The highest BCUT2D eigenvalue weighted by atomic mass is 35.5. The molecule has 0 saturated carbocycles. The SMILES string of the molecule is ClCCCCCCCOC1=CCC(Cl)(OCCCCCCCCl)c2ccccc21. The molecule has 1 aromatic carbocycles. The molecule has 1 aromatic rings. The molecular formula is C24H35Cl3O2. The van der Waals surface area contributed by atoms with Crippen LogP contribution in [0.15, 0.2) is 30.3 Å². The highest BCUT2D eigenvalue weighted by molar-refractivity contribution is 6.23. The van der Waals surface area contributed by atoms with Crippen molar-refractivity contribution in [1.29, 1.82) is 0 Å². The lowest BCUT2D eigenvalue weighted by Gasteiger charge is -2.33. The van der Waals surface area contributed by atoms with Crippen molar-refractivity contribution in [2.45, 2.75) is 75.7 Å². The van der Waals surface area contributed by atoms with E-state index in [1.807, 2.05) is 12.1 Å². The second kappa shape index (κ2) is 14.6. The zero-order chi connectivity index (χ0) is 20.8. The predicted molar refractivity (Wildman–Crippen MR) is 126 cm³/mol. The van der Waals surface area contributed by atoms with E-state index in [9.17, 15) is 0 Å². The topological polar surface area (TPSA) is 18.5 Å². The van der Waals surface area contributed by atoms with E-state index >= 15 is 0 Å². The van der Waals surface area contributed by atoms with Crippen molar-refractivity contribution in [3.8, 4) is 0 Å². The van der Waals surface area contributed by atoms with Gasteiger partial charge in [-0.15, -0.1) is 23.2 Å². The molecule has 1 unspecified atom stereocenters. The summed E-state index contributed by atoms with van der Waals surface area (Å²) in [6.45, 7) is 1.41. The first kappa shape index (κ1) is 24.9. The van der Waals surface area contributed by atoms with Gasteiger partial charge in [0, 0.05) is 35.9 Å². The fourth-order valence-electron chi connectivity index (χ4n) is 3.61. The third-order valence-electron chi connectivity index (χ3n) is 5.29. The number of hydrogen-bond donors (Lipinski definition) is 0. The van der Waals surface area contributed by atoms with E-state index in [0.717, 1.165) is 67.4 Å². The lowest BCUT2D eigenvalue weighted by Crippen LogP contribution is -2.27. The average molecular weight is 462 g/mol. The van der Waals surface area contributed by atoms with Gasteiger partial charge in [0.25, 0.3) is 0 Å². The summed E-state index contributed by atoms with van der Waals surface area (Å²) in [6.07, 6.45) is 14.1. The van der Waals surface area contributed by atoms with Gasteiger partial charge < -0.3 is 9.47 Å². The van der Waals surface area contributed by atoms with Gasteiger partial charge >= 0.3 is 0 Å². The molecule has 164 valence electrons. The number of alkyl halides is 3. The maximum Gasteiger partial charge on any atom is 0.171 e. The highest BCUT2D eigenvalue weighted by Crippen LogP contribution is 2.43. The third-order valence-corrected chi connectivity index (χ3v) is 6.29. The normalized spacial score (nSPS) is 18.4. The van der Waals surface area contributed by atoms with Crippen LogP contribution in [0, 0.1) is 0 Å². The first-order valence-electron chi connectivity index (χ1n) is 11.1. The molecule has 0 heterocycles. The lowest BCUT2D eigenvalue weighted by molar-refractivity contribution is 0.0138. The molecule has 0 aromatic heterocycles. The zero-order valence-corrected chi connectivity index (χ0v) is 19.7. The van der Waals surface area contributed by atoms with Crippen molar-refractivity contribution in [3.05, 3.63) is 41.5 Å². The summed E-state index contributed by atoms with van der Waals surface area (Å²) in [6, 6.07) is 8.19. The summed E-state index contributed by atoms with van der Waals surface area (Å²) in [5.41, 5.74) is 2.07. The molecule has 1 aliphatic carbocycles. The molecule has 29 heavy (non-hydrogen) atoms. The van der Waals surface area contributed by atoms with Crippen LogP contribution in [0.1, 0.15) is 81.8 Å². The van der Waals surface area contributed by atoms with Gasteiger partial charge in [0.05, 0.1) is 6.61 Å². The molecule has 0 spiro atoms. The number of hydrogen-bond acceptors (Lipinski definition) is 2. The Morgan fingerprint density at radius 1 is 0.759 bits per heavy atom. The summed E-state index contributed by atoms with van der Waals surface area (Å²) in [5, 5.41) is -0.791. The van der Waals surface area contributed by atoms with E-state index in [0.29, 0.717) is 13.0 Å². The van der Waals surface area contributed by atoms with E-state index in [-0.39, 0.29) is 0 Å². The molecule has 1 atom stereocenters. The summed E-state index contributed by atoms with van der Waals surface area (Å²) in [5.74, 6) is 2.45. The molecule has 0 radical (unpaired) electrons. The molecule has 0 aliphatic heterocycles. The Kier molecular flexibility index (Phi) is 12.5. The summed E-state index contributed by atoms with van der Waals surface area (Å²) >= 11 is 18.4. The van der Waals surface area contributed by atoms with Crippen molar-refractivity contribution in [1.82, 2.24) is 0 Å². The van der Waals surface area contributed by atoms with Gasteiger partial charge in [-0.1, -0.05) is 74.4 Å². The van der Waals surface area contributed by atoms with Gasteiger partial charge in [0.1, 0.15) is 5.76 Å². The Morgan fingerprint density at radius 2 is 1.34 bits per heavy atom. The van der Waals surface area contributed by atoms with Crippen LogP contribution < -0.4 is 0 Å².